The summed E-state index contributed by atoms with van der Waals surface area (Å²) in [5.74, 6) is 1.26. The number of urea groups is 1. The monoisotopic (exact) mass is 440 g/mol. The third-order valence-corrected chi connectivity index (χ3v) is 7.02. The zero-order chi connectivity index (χ0) is 21.9. The first-order valence-corrected chi connectivity index (χ1v) is 12.5. The number of nitrogens with zero attached hydrogens (tertiary/aromatic N) is 3. The summed E-state index contributed by atoms with van der Waals surface area (Å²) in [6.07, 6.45) is 8.34. The van der Waals surface area contributed by atoms with Crippen LogP contribution in [0.5, 0.6) is 0 Å². The van der Waals surface area contributed by atoms with Crippen molar-refractivity contribution in [1.29, 1.82) is 0 Å². The molecule has 0 aromatic carbocycles. The van der Waals surface area contributed by atoms with Crippen molar-refractivity contribution in [3.05, 3.63) is 0 Å². The van der Waals surface area contributed by atoms with Crippen molar-refractivity contribution < 1.29 is 14.4 Å². The van der Waals surface area contributed by atoms with Gasteiger partial charge in [0.15, 0.2) is 5.12 Å². The normalized spacial score (nSPS) is 19.8. The molecule has 30 heavy (non-hydrogen) atoms. The zero-order valence-electron chi connectivity index (χ0n) is 19.0. The van der Waals surface area contributed by atoms with E-state index < -0.39 is 6.04 Å². The number of hydrogen-bond donors (Lipinski definition) is 1. The first kappa shape index (κ1) is 25.0. The number of hydrogen-bond acceptors (Lipinski definition) is 5. The summed E-state index contributed by atoms with van der Waals surface area (Å²) >= 11 is 1.25. The van der Waals surface area contributed by atoms with Crippen LogP contribution < -0.4 is 5.32 Å². The largest absolute Gasteiger partial charge is 0.340 e. The van der Waals surface area contributed by atoms with E-state index in [0.29, 0.717) is 31.3 Å². The van der Waals surface area contributed by atoms with E-state index in [0.717, 1.165) is 32.5 Å². The van der Waals surface area contributed by atoms with Crippen LogP contribution in [0, 0.1) is 5.92 Å². The molecule has 0 aromatic heterocycles. The topological polar surface area (TPSA) is 73.0 Å². The molecule has 7 nitrogen and oxygen atoms in total. The molecular formula is C22H40N4O3S. The molecule has 2 aliphatic rings. The van der Waals surface area contributed by atoms with Crippen molar-refractivity contribution in [3.63, 3.8) is 0 Å². The van der Waals surface area contributed by atoms with Crippen molar-refractivity contribution >= 4 is 28.8 Å². The van der Waals surface area contributed by atoms with Crippen molar-refractivity contribution in [2.24, 2.45) is 5.92 Å². The summed E-state index contributed by atoms with van der Waals surface area (Å²) in [5, 5.41) is 2.99. The highest BCUT2D eigenvalue weighted by atomic mass is 32.2. The molecule has 0 radical (unpaired) electrons. The standard InChI is InChI=1S/C22H40N4O3S/c1-18(21(28)25-12-7-11-24(3)14-15-25)23-22(29)26(16-17-30-19(2)27)13-10-20-8-5-4-6-9-20/h18,20H,4-17H2,1-3H3,(H,23,29)/t18-/m0/s1. The second kappa shape index (κ2) is 13.2. The number of carbonyl (C=O) groups is 3. The molecule has 172 valence electrons. The third-order valence-electron chi connectivity index (χ3n) is 6.23. The minimum Gasteiger partial charge on any atom is -0.340 e. The average molecular weight is 441 g/mol. The van der Waals surface area contributed by atoms with Gasteiger partial charge in [-0.3, -0.25) is 9.59 Å². The van der Waals surface area contributed by atoms with Gasteiger partial charge in [-0.1, -0.05) is 43.9 Å². The second-order valence-corrected chi connectivity index (χ2v) is 10.0. The maximum atomic E-state index is 13.0. The molecule has 2 fully saturated rings. The van der Waals surface area contributed by atoms with Gasteiger partial charge in [0.25, 0.3) is 0 Å². The van der Waals surface area contributed by atoms with Gasteiger partial charge in [0, 0.05) is 45.4 Å². The lowest BCUT2D eigenvalue weighted by Crippen LogP contribution is -2.52. The molecule has 2 rings (SSSR count). The van der Waals surface area contributed by atoms with Gasteiger partial charge in [0.1, 0.15) is 6.04 Å². The highest BCUT2D eigenvalue weighted by molar-refractivity contribution is 8.13. The highest BCUT2D eigenvalue weighted by Crippen LogP contribution is 2.26. The van der Waals surface area contributed by atoms with Crippen LogP contribution in [0.1, 0.15) is 58.8 Å². The Morgan fingerprint density at radius 1 is 1.03 bits per heavy atom. The fraction of sp³-hybridized carbons (Fsp3) is 0.864. The van der Waals surface area contributed by atoms with Gasteiger partial charge < -0.3 is 20.0 Å². The molecule has 1 saturated carbocycles. The molecule has 3 amide bonds. The van der Waals surface area contributed by atoms with E-state index in [1.807, 2.05) is 4.90 Å². The van der Waals surface area contributed by atoms with Gasteiger partial charge in [-0.25, -0.2) is 4.79 Å². The van der Waals surface area contributed by atoms with Crippen LogP contribution >= 0.6 is 11.8 Å². The second-order valence-electron chi connectivity index (χ2n) is 8.77. The van der Waals surface area contributed by atoms with Crippen LogP contribution in [0.4, 0.5) is 4.79 Å². The minimum absolute atomic E-state index is 0.0102. The predicted molar refractivity (Wildman–Crippen MR) is 123 cm³/mol. The fourth-order valence-electron chi connectivity index (χ4n) is 4.31. The summed E-state index contributed by atoms with van der Waals surface area (Å²) in [7, 11) is 2.07. The van der Waals surface area contributed by atoms with Crippen LogP contribution in [0.2, 0.25) is 0 Å². The van der Waals surface area contributed by atoms with Crippen LogP contribution in [-0.4, -0.2) is 89.9 Å². The number of rotatable bonds is 8. The van der Waals surface area contributed by atoms with Crippen LogP contribution in [0.25, 0.3) is 0 Å². The van der Waals surface area contributed by atoms with E-state index in [1.54, 1.807) is 18.7 Å². The van der Waals surface area contributed by atoms with Gasteiger partial charge >= 0.3 is 6.03 Å². The number of carbonyl (C=O) groups excluding carboxylic acids is 3. The minimum atomic E-state index is -0.543. The van der Waals surface area contributed by atoms with Gasteiger partial charge in [-0.05, 0) is 39.3 Å². The van der Waals surface area contributed by atoms with Crippen LogP contribution in [0.3, 0.4) is 0 Å². The summed E-state index contributed by atoms with van der Waals surface area (Å²) in [4.78, 5) is 43.0. The number of amides is 3. The Labute approximate surface area is 186 Å². The molecule has 0 spiro atoms. The van der Waals surface area contributed by atoms with Gasteiger partial charge in [-0.2, -0.15) is 0 Å². The molecule has 1 aliphatic heterocycles. The lowest BCUT2D eigenvalue weighted by Gasteiger charge is -2.29. The molecule has 1 saturated heterocycles. The zero-order valence-corrected chi connectivity index (χ0v) is 19.8. The van der Waals surface area contributed by atoms with Crippen molar-refractivity contribution in [3.8, 4) is 0 Å². The Hall–Kier alpha value is -1.28. The Bertz CT molecular complexity index is 569. The van der Waals surface area contributed by atoms with Gasteiger partial charge in [0.05, 0.1) is 0 Å². The molecule has 8 heteroatoms. The maximum absolute atomic E-state index is 13.0. The number of thioether (sulfide) groups is 1. The quantitative estimate of drug-likeness (QED) is 0.628. The number of likely N-dealkylation sites (N-methyl/N-ethyl adjacent to an activating group) is 1. The van der Waals surface area contributed by atoms with E-state index in [2.05, 4.69) is 17.3 Å². The van der Waals surface area contributed by atoms with Crippen molar-refractivity contribution in [2.75, 3.05) is 52.1 Å². The van der Waals surface area contributed by atoms with Crippen LogP contribution in [0.15, 0.2) is 0 Å². The van der Waals surface area contributed by atoms with E-state index >= 15 is 0 Å². The Morgan fingerprint density at radius 3 is 2.47 bits per heavy atom. The molecule has 0 bridgehead atoms. The van der Waals surface area contributed by atoms with E-state index in [-0.39, 0.29) is 17.1 Å². The lowest BCUT2D eigenvalue weighted by atomic mass is 9.87. The van der Waals surface area contributed by atoms with E-state index in [9.17, 15) is 14.4 Å². The number of nitrogens with one attached hydrogen (secondary N) is 1. The van der Waals surface area contributed by atoms with Crippen molar-refractivity contribution in [1.82, 2.24) is 20.0 Å². The first-order chi connectivity index (χ1) is 14.4. The third kappa shape index (κ3) is 8.84. The molecule has 1 atom stereocenters. The molecule has 1 aliphatic carbocycles. The summed E-state index contributed by atoms with van der Waals surface area (Å²) in [6, 6.07) is -0.735. The summed E-state index contributed by atoms with van der Waals surface area (Å²) < 4.78 is 0. The summed E-state index contributed by atoms with van der Waals surface area (Å²) in [6.45, 7) is 7.84. The first-order valence-electron chi connectivity index (χ1n) is 11.5. The lowest BCUT2D eigenvalue weighted by molar-refractivity contribution is -0.132. The Balaban J connectivity index is 1.88. The van der Waals surface area contributed by atoms with Gasteiger partial charge in [0.2, 0.25) is 5.91 Å². The van der Waals surface area contributed by atoms with Gasteiger partial charge in [-0.15, -0.1) is 0 Å². The summed E-state index contributed by atoms with van der Waals surface area (Å²) in [5.41, 5.74) is 0. The molecule has 0 unspecified atom stereocenters. The van der Waals surface area contributed by atoms with Crippen LogP contribution in [-0.2, 0) is 9.59 Å². The van der Waals surface area contributed by atoms with E-state index in [1.165, 1.54) is 43.9 Å². The molecule has 0 aromatic rings. The fourth-order valence-corrected chi connectivity index (χ4v) is 4.91. The maximum Gasteiger partial charge on any atom is 0.318 e. The average Bonchev–Trinajstić information content (AvgIpc) is 2.94. The molecule has 1 heterocycles. The Morgan fingerprint density at radius 2 is 1.77 bits per heavy atom. The SMILES string of the molecule is CC(=O)SCCN(CCC1CCCCC1)C(=O)N[C@@H](C)C(=O)N1CCCN(C)CC1. The Kier molecular flexibility index (Phi) is 11.0. The highest BCUT2D eigenvalue weighted by Gasteiger charge is 2.26. The smallest absolute Gasteiger partial charge is 0.318 e. The predicted octanol–water partition coefficient (Wildman–Crippen LogP) is 2.80. The molecular weight excluding hydrogens is 400 g/mol. The molecule has 1 N–H and O–H groups in total. The van der Waals surface area contributed by atoms with E-state index in [4.69, 9.17) is 0 Å². The van der Waals surface area contributed by atoms with Crippen molar-refractivity contribution in [2.45, 2.75) is 64.8 Å².